The van der Waals surface area contributed by atoms with Gasteiger partial charge in [-0.05, 0) is 32.4 Å². The minimum atomic E-state index is -0.0223. The van der Waals surface area contributed by atoms with E-state index >= 15 is 0 Å². The molecule has 4 rings (SSSR count). The lowest BCUT2D eigenvalue weighted by atomic mass is 10.2. The zero-order valence-electron chi connectivity index (χ0n) is 16.1. The molecule has 1 amide bonds. The lowest BCUT2D eigenvalue weighted by Gasteiger charge is -2.06. The first-order valence-corrected chi connectivity index (χ1v) is 10.1. The Bertz CT molecular complexity index is 1140. The molecule has 0 bridgehead atoms. The number of anilines is 1. The number of rotatable bonds is 6. The van der Waals surface area contributed by atoms with Gasteiger partial charge in [0.05, 0.1) is 22.9 Å². The van der Waals surface area contributed by atoms with Crippen molar-refractivity contribution in [3.05, 3.63) is 47.4 Å². The molecule has 1 N–H and O–H groups in total. The fourth-order valence-electron chi connectivity index (χ4n) is 3.26. The van der Waals surface area contributed by atoms with Crippen molar-refractivity contribution in [1.29, 1.82) is 0 Å². The van der Waals surface area contributed by atoms with Crippen molar-refractivity contribution in [1.82, 2.24) is 24.3 Å². The van der Waals surface area contributed by atoms with Gasteiger partial charge in [0.2, 0.25) is 5.91 Å². The van der Waals surface area contributed by atoms with Crippen LogP contribution in [0, 0.1) is 13.8 Å². The van der Waals surface area contributed by atoms with Gasteiger partial charge in [-0.1, -0.05) is 12.1 Å². The Balaban J connectivity index is 1.35. The number of fused-ring (bicyclic) bond motifs is 1. The Labute approximate surface area is 167 Å². The van der Waals surface area contributed by atoms with Gasteiger partial charge in [-0.2, -0.15) is 5.10 Å². The van der Waals surface area contributed by atoms with E-state index in [1.165, 1.54) is 11.3 Å². The van der Waals surface area contributed by atoms with Gasteiger partial charge in [0.25, 0.3) is 0 Å². The number of nitrogens with zero attached hydrogens (tertiary/aromatic N) is 5. The van der Waals surface area contributed by atoms with Crippen molar-refractivity contribution < 1.29 is 4.79 Å². The number of amides is 1. The fraction of sp³-hybridized carbons (Fsp3) is 0.300. The molecule has 0 aliphatic heterocycles. The Morgan fingerprint density at radius 2 is 2.04 bits per heavy atom. The maximum atomic E-state index is 12.3. The van der Waals surface area contributed by atoms with Crippen LogP contribution in [0.2, 0.25) is 0 Å². The summed E-state index contributed by atoms with van der Waals surface area (Å²) >= 11 is 1.43. The molecular weight excluding hydrogens is 372 g/mol. The smallest absolute Gasteiger partial charge is 0.226 e. The monoisotopic (exact) mass is 394 g/mol. The topological polar surface area (TPSA) is 77.6 Å². The third-order valence-corrected chi connectivity index (χ3v) is 5.65. The van der Waals surface area contributed by atoms with E-state index in [0.717, 1.165) is 46.8 Å². The van der Waals surface area contributed by atoms with Crippen LogP contribution in [-0.4, -0.2) is 30.2 Å². The molecule has 0 fully saturated rings. The highest BCUT2D eigenvalue weighted by Gasteiger charge is 2.13. The number of hydrogen-bond acceptors (Lipinski definition) is 5. The van der Waals surface area contributed by atoms with Crippen molar-refractivity contribution in [2.24, 2.45) is 7.05 Å². The van der Waals surface area contributed by atoms with Gasteiger partial charge in [-0.25, -0.2) is 9.97 Å². The second-order valence-corrected chi connectivity index (χ2v) is 7.61. The molecule has 7 nitrogen and oxygen atoms in total. The number of carbonyl (C=O) groups is 1. The van der Waals surface area contributed by atoms with Crippen molar-refractivity contribution in [3.8, 4) is 11.3 Å². The predicted molar refractivity (Wildman–Crippen MR) is 111 cm³/mol. The molecule has 8 heteroatoms. The van der Waals surface area contributed by atoms with Crippen LogP contribution in [-0.2, 0) is 18.4 Å². The molecular formula is C20H22N6OS. The summed E-state index contributed by atoms with van der Waals surface area (Å²) < 4.78 is 3.98. The molecule has 0 atom stereocenters. The third-order valence-electron chi connectivity index (χ3n) is 4.89. The standard InChI is InChI=1S/C20H22N6OS/c1-13-15(11-21-25(13)3)17-12-28-20(23-17)24-19(27)9-6-10-26-14(2)22-16-7-4-5-8-18(16)26/h4-5,7-8,11-12H,6,9-10H2,1-3H3,(H,23,24,27). The van der Waals surface area contributed by atoms with Gasteiger partial charge in [0.15, 0.2) is 5.13 Å². The fourth-order valence-corrected chi connectivity index (χ4v) is 3.99. The molecule has 28 heavy (non-hydrogen) atoms. The van der Waals surface area contributed by atoms with E-state index in [2.05, 4.69) is 31.0 Å². The summed E-state index contributed by atoms with van der Waals surface area (Å²) in [6.45, 7) is 4.76. The molecule has 4 aromatic rings. The van der Waals surface area contributed by atoms with E-state index in [1.807, 2.05) is 49.2 Å². The number of aromatic nitrogens is 5. The number of thiazole rings is 1. The molecule has 0 saturated carbocycles. The SMILES string of the molecule is Cc1c(-c2csc(NC(=O)CCCn3c(C)nc4ccccc43)n2)cnn1C. The minimum Gasteiger partial charge on any atom is -0.328 e. The summed E-state index contributed by atoms with van der Waals surface area (Å²) in [5.74, 6) is 0.948. The molecule has 0 radical (unpaired) electrons. The van der Waals surface area contributed by atoms with Gasteiger partial charge >= 0.3 is 0 Å². The Hall–Kier alpha value is -3.00. The van der Waals surface area contributed by atoms with Crippen LogP contribution in [0.3, 0.4) is 0 Å². The van der Waals surface area contributed by atoms with Crippen molar-refractivity contribution in [3.63, 3.8) is 0 Å². The Morgan fingerprint density at radius 1 is 1.21 bits per heavy atom. The Morgan fingerprint density at radius 3 is 2.82 bits per heavy atom. The largest absolute Gasteiger partial charge is 0.328 e. The number of hydrogen-bond donors (Lipinski definition) is 1. The molecule has 0 saturated heterocycles. The van der Waals surface area contributed by atoms with E-state index in [4.69, 9.17) is 0 Å². The summed E-state index contributed by atoms with van der Waals surface area (Å²) in [5, 5.41) is 9.71. The van der Waals surface area contributed by atoms with Crippen LogP contribution in [0.1, 0.15) is 24.4 Å². The first-order chi connectivity index (χ1) is 13.5. The molecule has 144 valence electrons. The first-order valence-electron chi connectivity index (χ1n) is 9.19. The van der Waals surface area contributed by atoms with E-state index < -0.39 is 0 Å². The predicted octanol–water partition coefficient (Wildman–Crippen LogP) is 3.93. The van der Waals surface area contributed by atoms with Crippen LogP contribution in [0.5, 0.6) is 0 Å². The van der Waals surface area contributed by atoms with Gasteiger partial charge < -0.3 is 9.88 Å². The number of imidazole rings is 1. The lowest BCUT2D eigenvalue weighted by molar-refractivity contribution is -0.116. The summed E-state index contributed by atoms with van der Waals surface area (Å²) in [6.07, 6.45) is 2.98. The van der Waals surface area contributed by atoms with E-state index in [0.29, 0.717) is 11.6 Å². The molecule has 0 aliphatic rings. The average molecular weight is 395 g/mol. The van der Waals surface area contributed by atoms with Crippen molar-refractivity contribution in [2.45, 2.75) is 33.2 Å². The molecule has 3 heterocycles. The first kappa shape index (κ1) is 18.4. The van der Waals surface area contributed by atoms with E-state index in [9.17, 15) is 4.79 Å². The summed E-state index contributed by atoms with van der Waals surface area (Å²) in [4.78, 5) is 21.4. The van der Waals surface area contributed by atoms with E-state index in [-0.39, 0.29) is 5.91 Å². The molecule has 0 aliphatic carbocycles. The van der Waals surface area contributed by atoms with Gasteiger partial charge in [-0.15, -0.1) is 11.3 Å². The molecule has 0 unspecified atom stereocenters. The second kappa shape index (κ2) is 7.55. The quantitative estimate of drug-likeness (QED) is 0.537. The molecule has 1 aromatic carbocycles. The third kappa shape index (κ3) is 3.55. The zero-order valence-corrected chi connectivity index (χ0v) is 17.0. The number of para-hydroxylation sites is 2. The number of aryl methyl sites for hydroxylation is 3. The second-order valence-electron chi connectivity index (χ2n) is 6.76. The van der Waals surface area contributed by atoms with Crippen LogP contribution in [0.15, 0.2) is 35.8 Å². The normalized spacial score (nSPS) is 11.2. The van der Waals surface area contributed by atoms with Crippen LogP contribution in [0.4, 0.5) is 5.13 Å². The number of nitrogens with one attached hydrogen (secondary N) is 1. The average Bonchev–Trinajstić information content (AvgIpc) is 3.34. The highest BCUT2D eigenvalue weighted by molar-refractivity contribution is 7.14. The number of carbonyl (C=O) groups excluding carboxylic acids is 1. The van der Waals surface area contributed by atoms with Crippen LogP contribution >= 0.6 is 11.3 Å². The van der Waals surface area contributed by atoms with Crippen molar-refractivity contribution >= 4 is 33.4 Å². The highest BCUT2D eigenvalue weighted by Crippen LogP contribution is 2.27. The minimum absolute atomic E-state index is 0.0223. The summed E-state index contributed by atoms with van der Waals surface area (Å²) in [7, 11) is 1.90. The Kier molecular flexibility index (Phi) is 4.95. The van der Waals surface area contributed by atoms with E-state index in [1.54, 1.807) is 6.20 Å². The van der Waals surface area contributed by atoms with Crippen LogP contribution in [0.25, 0.3) is 22.3 Å². The zero-order chi connectivity index (χ0) is 19.7. The maximum absolute atomic E-state index is 12.3. The maximum Gasteiger partial charge on any atom is 0.226 e. The highest BCUT2D eigenvalue weighted by atomic mass is 32.1. The molecule has 3 aromatic heterocycles. The summed E-state index contributed by atoms with van der Waals surface area (Å²) in [6, 6.07) is 8.07. The van der Waals surface area contributed by atoms with Gasteiger partial charge in [0, 0.05) is 36.7 Å². The van der Waals surface area contributed by atoms with Gasteiger partial charge in [-0.3, -0.25) is 9.48 Å². The summed E-state index contributed by atoms with van der Waals surface area (Å²) in [5.41, 5.74) is 4.97. The van der Waals surface area contributed by atoms with Crippen molar-refractivity contribution in [2.75, 3.05) is 5.32 Å². The van der Waals surface area contributed by atoms with Gasteiger partial charge in [0.1, 0.15) is 5.82 Å². The number of benzene rings is 1. The molecule has 0 spiro atoms. The van der Waals surface area contributed by atoms with Crippen LogP contribution < -0.4 is 5.32 Å². The lowest BCUT2D eigenvalue weighted by Crippen LogP contribution is -2.12.